The minimum atomic E-state index is -1.64. The maximum absolute atomic E-state index is 12.2. The number of carbonyl (C=O) groups is 4. The van der Waals surface area contributed by atoms with Crippen molar-refractivity contribution < 1.29 is 23.9 Å². The number of rotatable bonds is 4. The number of hydrogen-bond donors (Lipinski definition) is 1. The van der Waals surface area contributed by atoms with Crippen LogP contribution in [-0.4, -0.2) is 48.2 Å². The van der Waals surface area contributed by atoms with E-state index in [-0.39, 0.29) is 11.1 Å². The van der Waals surface area contributed by atoms with Crippen LogP contribution in [0.25, 0.3) is 0 Å². The van der Waals surface area contributed by atoms with Crippen molar-refractivity contribution in [1.29, 1.82) is 0 Å². The predicted molar refractivity (Wildman–Crippen MR) is 66.8 cm³/mol. The average molecular weight is 276 g/mol. The van der Waals surface area contributed by atoms with Gasteiger partial charge in [-0.2, -0.15) is 0 Å². The number of methoxy groups -OCH3 is 1. The van der Waals surface area contributed by atoms with Crippen molar-refractivity contribution in [2.24, 2.45) is 5.73 Å². The highest BCUT2D eigenvalue weighted by molar-refractivity contribution is 6.25. The fraction of sp³-hybridized carbons (Fsp3) is 0.231. The van der Waals surface area contributed by atoms with Gasteiger partial charge in [0, 0.05) is 0 Å². The molecular weight excluding hydrogens is 264 g/mol. The lowest BCUT2D eigenvalue weighted by atomic mass is 10.1. The molecule has 20 heavy (non-hydrogen) atoms. The van der Waals surface area contributed by atoms with Gasteiger partial charge in [0.15, 0.2) is 11.8 Å². The largest absolute Gasteiger partial charge is 0.467 e. The van der Waals surface area contributed by atoms with Gasteiger partial charge in [0.05, 0.1) is 24.8 Å². The van der Waals surface area contributed by atoms with Crippen molar-refractivity contribution in [2.75, 3.05) is 13.7 Å². The van der Waals surface area contributed by atoms with Crippen LogP contribution < -0.4 is 5.73 Å². The number of amides is 2. The van der Waals surface area contributed by atoms with Crippen molar-refractivity contribution in [3.8, 4) is 0 Å². The zero-order valence-corrected chi connectivity index (χ0v) is 10.7. The number of ether oxygens (including phenoxy) is 1. The van der Waals surface area contributed by atoms with Crippen LogP contribution in [0.15, 0.2) is 24.3 Å². The minimum Gasteiger partial charge on any atom is -0.467 e. The molecule has 7 heteroatoms. The van der Waals surface area contributed by atoms with E-state index in [2.05, 4.69) is 4.74 Å². The van der Waals surface area contributed by atoms with Gasteiger partial charge in [-0.1, -0.05) is 12.1 Å². The number of carbonyl (C=O) groups excluding carboxylic acids is 4. The molecule has 0 saturated heterocycles. The van der Waals surface area contributed by atoms with Gasteiger partial charge in [0.2, 0.25) is 0 Å². The average Bonchev–Trinajstić information content (AvgIpc) is 2.72. The molecular formula is C13H12N2O5. The third kappa shape index (κ3) is 1.97. The van der Waals surface area contributed by atoms with Crippen LogP contribution in [-0.2, 0) is 14.3 Å². The molecule has 1 heterocycles. The summed E-state index contributed by atoms with van der Waals surface area (Å²) in [6, 6.07) is 4.45. The lowest BCUT2D eigenvalue weighted by Crippen LogP contribution is -2.52. The molecule has 2 rings (SSSR count). The Morgan fingerprint density at radius 1 is 1.20 bits per heavy atom. The number of ketones is 1. The topological polar surface area (TPSA) is 107 Å². The molecule has 0 radical (unpaired) electrons. The SMILES string of the molecule is COC(=O)[C@H](C(=O)CN)N1C(=O)c2ccccc2C1=O. The third-order valence-electron chi connectivity index (χ3n) is 3.01. The van der Waals surface area contributed by atoms with Crippen LogP contribution in [0.4, 0.5) is 0 Å². The van der Waals surface area contributed by atoms with Crippen LogP contribution in [0.3, 0.4) is 0 Å². The molecule has 0 fully saturated rings. The molecule has 0 bridgehead atoms. The van der Waals surface area contributed by atoms with Gasteiger partial charge in [0.1, 0.15) is 0 Å². The number of nitrogens with zero attached hydrogens (tertiary/aromatic N) is 1. The molecule has 1 aliphatic rings. The fourth-order valence-corrected chi connectivity index (χ4v) is 2.05. The molecule has 2 N–H and O–H groups in total. The van der Waals surface area contributed by atoms with Gasteiger partial charge < -0.3 is 10.5 Å². The maximum atomic E-state index is 12.2. The van der Waals surface area contributed by atoms with E-state index in [1.165, 1.54) is 12.1 Å². The van der Waals surface area contributed by atoms with Gasteiger partial charge in [0.25, 0.3) is 11.8 Å². The quantitative estimate of drug-likeness (QED) is 0.445. The third-order valence-corrected chi connectivity index (χ3v) is 3.01. The summed E-state index contributed by atoms with van der Waals surface area (Å²) in [5.41, 5.74) is 5.52. The van der Waals surface area contributed by atoms with Crippen molar-refractivity contribution in [3.63, 3.8) is 0 Å². The second-order valence-corrected chi connectivity index (χ2v) is 4.12. The first-order chi connectivity index (χ1) is 9.52. The fourth-order valence-electron chi connectivity index (χ4n) is 2.05. The van der Waals surface area contributed by atoms with Crippen LogP contribution in [0.5, 0.6) is 0 Å². The van der Waals surface area contributed by atoms with Crippen molar-refractivity contribution >= 4 is 23.6 Å². The molecule has 1 aliphatic heterocycles. The van der Waals surface area contributed by atoms with Crippen LogP contribution in [0, 0.1) is 0 Å². The Morgan fingerprint density at radius 3 is 2.10 bits per heavy atom. The summed E-state index contributed by atoms with van der Waals surface area (Å²) < 4.78 is 4.48. The molecule has 0 aliphatic carbocycles. The van der Waals surface area contributed by atoms with E-state index in [4.69, 9.17) is 5.73 Å². The smallest absolute Gasteiger partial charge is 0.336 e. The Labute approximate surface area is 114 Å². The van der Waals surface area contributed by atoms with E-state index in [9.17, 15) is 19.2 Å². The zero-order chi connectivity index (χ0) is 14.9. The van der Waals surface area contributed by atoms with Crippen molar-refractivity contribution in [3.05, 3.63) is 35.4 Å². The lowest BCUT2D eigenvalue weighted by Gasteiger charge is -2.22. The highest BCUT2D eigenvalue weighted by Gasteiger charge is 2.46. The molecule has 7 nitrogen and oxygen atoms in total. The summed E-state index contributed by atoms with van der Waals surface area (Å²) in [5.74, 6) is -3.16. The number of fused-ring (bicyclic) bond motifs is 1. The lowest BCUT2D eigenvalue weighted by molar-refractivity contribution is -0.148. The minimum absolute atomic E-state index is 0.149. The summed E-state index contributed by atoms with van der Waals surface area (Å²) in [6.07, 6.45) is 0. The normalized spacial score (nSPS) is 15.0. The Morgan fingerprint density at radius 2 is 1.70 bits per heavy atom. The Bertz CT molecular complexity index is 560. The first-order valence-electron chi connectivity index (χ1n) is 5.80. The Kier molecular flexibility index (Phi) is 3.62. The number of imide groups is 1. The first kappa shape index (κ1) is 13.9. The van der Waals surface area contributed by atoms with Gasteiger partial charge >= 0.3 is 5.97 Å². The Hall–Kier alpha value is -2.54. The number of nitrogens with two attached hydrogens (primary N) is 1. The monoisotopic (exact) mass is 276 g/mol. The van der Waals surface area contributed by atoms with E-state index in [1.807, 2.05) is 0 Å². The van der Waals surface area contributed by atoms with Crippen molar-refractivity contribution in [1.82, 2.24) is 4.90 Å². The first-order valence-corrected chi connectivity index (χ1v) is 5.80. The van der Waals surface area contributed by atoms with E-state index < -0.39 is 36.2 Å². The summed E-state index contributed by atoms with van der Waals surface area (Å²) in [7, 11) is 1.07. The summed E-state index contributed by atoms with van der Waals surface area (Å²) in [6.45, 7) is -0.479. The maximum Gasteiger partial charge on any atom is 0.336 e. The number of Topliss-reactive ketones (excluding diaryl/α,β-unsaturated/α-hetero) is 1. The number of esters is 1. The molecule has 1 aromatic rings. The summed E-state index contributed by atoms with van der Waals surface area (Å²) >= 11 is 0. The number of hydrogen-bond acceptors (Lipinski definition) is 6. The van der Waals surface area contributed by atoms with Crippen molar-refractivity contribution in [2.45, 2.75) is 6.04 Å². The van der Waals surface area contributed by atoms with E-state index in [1.54, 1.807) is 12.1 Å². The molecule has 2 amide bonds. The van der Waals surface area contributed by atoms with E-state index in [0.29, 0.717) is 4.90 Å². The summed E-state index contributed by atoms with van der Waals surface area (Å²) in [5, 5.41) is 0. The van der Waals surface area contributed by atoms with E-state index >= 15 is 0 Å². The molecule has 104 valence electrons. The molecule has 0 spiro atoms. The molecule has 1 atom stereocenters. The molecule has 0 aromatic heterocycles. The summed E-state index contributed by atoms with van der Waals surface area (Å²) in [4.78, 5) is 48.5. The molecule has 0 unspecified atom stereocenters. The molecule has 1 aromatic carbocycles. The number of benzene rings is 1. The second-order valence-electron chi connectivity index (χ2n) is 4.12. The van der Waals surface area contributed by atoms with Crippen LogP contribution >= 0.6 is 0 Å². The van der Waals surface area contributed by atoms with E-state index in [0.717, 1.165) is 7.11 Å². The second kappa shape index (κ2) is 5.22. The van der Waals surface area contributed by atoms with Gasteiger partial charge in [-0.3, -0.25) is 19.3 Å². The molecule has 0 saturated carbocycles. The van der Waals surface area contributed by atoms with Gasteiger partial charge in [-0.05, 0) is 12.1 Å². The standard InChI is InChI=1S/C13H12N2O5/c1-20-13(19)10(9(16)6-14)15-11(17)7-4-2-3-5-8(7)12(15)18/h2-5,10H,6,14H2,1H3/t10-/m0/s1. The Balaban J connectivity index is 2.47. The van der Waals surface area contributed by atoms with Crippen LogP contribution in [0.1, 0.15) is 20.7 Å². The highest BCUT2D eigenvalue weighted by Crippen LogP contribution is 2.25. The highest BCUT2D eigenvalue weighted by atomic mass is 16.5. The van der Waals surface area contributed by atoms with Gasteiger partial charge in [-0.15, -0.1) is 0 Å². The van der Waals surface area contributed by atoms with Gasteiger partial charge in [-0.25, -0.2) is 4.79 Å². The predicted octanol–water partition coefficient (Wildman–Crippen LogP) is -0.648. The van der Waals surface area contributed by atoms with Crippen LogP contribution in [0.2, 0.25) is 0 Å². The zero-order valence-electron chi connectivity index (χ0n) is 10.7.